The number of urea groups is 1. The largest absolute Gasteiger partial charge is 0.494 e. The highest BCUT2D eigenvalue weighted by Crippen LogP contribution is 2.18. The third kappa shape index (κ3) is 4.34. The number of hydrogen-bond acceptors (Lipinski definition) is 4. The van der Waals surface area contributed by atoms with Crippen molar-refractivity contribution in [3.63, 3.8) is 0 Å². The minimum absolute atomic E-state index is 0.0970. The molecule has 0 N–H and O–H groups in total. The van der Waals surface area contributed by atoms with Gasteiger partial charge in [-0.1, -0.05) is 36.4 Å². The summed E-state index contributed by atoms with van der Waals surface area (Å²) in [6.45, 7) is 4.59. The molecule has 0 saturated carbocycles. The van der Waals surface area contributed by atoms with Gasteiger partial charge in [0.15, 0.2) is 0 Å². The minimum atomic E-state index is -0.779. The lowest BCUT2D eigenvalue weighted by molar-refractivity contribution is -0.143. The summed E-state index contributed by atoms with van der Waals surface area (Å²) in [7, 11) is 0. The summed E-state index contributed by atoms with van der Waals surface area (Å²) in [5.74, 6) is -0.797. The van der Waals surface area contributed by atoms with E-state index in [1.807, 2.05) is 56.3 Å². The quantitative estimate of drug-likeness (QED) is 0.429. The van der Waals surface area contributed by atoms with Crippen LogP contribution in [0.25, 0.3) is 0 Å². The van der Waals surface area contributed by atoms with Gasteiger partial charge in [-0.2, -0.15) is 0 Å². The van der Waals surface area contributed by atoms with E-state index in [4.69, 9.17) is 4.74 Å². The molecule has 0 unspecified atom stereocenters. The highest BCUT2D eigenvalue weighted by atomic mass is 16.5. The smallest absolute Gasteiger partial charge is 0.334 e. The van der Waals surface area contributed by atoms with Crippen LogP contribution in [0.15, 0.2) is 48.5 Å². The Labute approximate surface area is 158 Å². The van der Waals surface area contributed by atoms with E-state index in [0.29, 0.717) is 13.0 Å². The third-order valence-corrected chi connectivity index (χ3v) is 4.31. The van der Waals surface area contributed by atoms with Gasteiger partial charge in [0.2, 0.25) is 0 Å². The molecule has 0 aliphatic carbocycles. The van der Waals surface area contributed by atoms with Crippen LogP contribution in [-0.4, -0.2) is 40.8 Å². The number of benzene rings is 2. The second-order valence-corrected chi connectivity index (χ2v) is 6.64. The Morgan fingerprint density at radius 1 is 0.852 bits per heavy atom. The molecule has 1 heterocycles. The molecule has 6 nitrogen and oxygen atoms in total. The molecule has 0 spiro atoms. The zero-order valence-electron chi connectivity index (χ0n) is 15.5. The van der Waals surface area contributed by atoms with Crippen molar-refractivity contribution in [1.29, 1.82) is 0 Å². The molecule has 1 aliphatic heterocycles. The summed E-state index contributed by atoms with van der Waals surface area (Å²) in [5, 5.41) is 0. The van der Waals surface area contributed by atoms with Crippen molar-refractivity contribution in [3.05, 3.63) is 65.2 Å². The Bertz CT molecular complexity index is 843. The van der Waals surface area contributed by atoms with Crippen LogP contribution < -0.4 is 4.74 Å². The highest BCUT2D eigenvalue weighted by molar-refractivity contribution is 6.44. The predicted octanol–water partition coefficient (Wildman–Crippen LogP) is 3.06. The zero-order chi connectivity index (χ0) is 19.4. The van der Waals surface area contributed by atoms with Crippen molar-refractivity contribution in [1.82, 2.24) is 9.80 Å². The van der Waals surface area contributed by atoms with Crippen LogP contribution in [0, 0.1) is 13.8 Å². The number of rotatable bonds is 7. The van der Waals surface area contributed by atoms with E-state index < -0.39 is 17.8 Å². The van der Waals surface area contributed by atoms with Crippen molar-refractivity contribution >= 4 is 17.8 Å². The van der Waals surface area contributed by atoms with Gasteiger partial charge in [0, 0.05) is 6.54 Å². The first-order valence-corrected chi connectivity index (χ1v) is 8.88. The molecule has 0 atom stereocenters. The highest BCUT2D eigenvalue weighted by Gasteiger charge is 2.43. The molecule has 1 aliphatic rings. The molecule has 2 aromatic rings. The van der Waals surface area contributed by atoms with Crippen LogP contribution >= 0.6 is 0 Å². The first kappa shape index (κ1) is 18.6. The van der Waals surface area contributed by atoms with Crippen molar-refractivity contribution in [2.45, 2.75) is 26.8 Å². The molecule has 2 aromatic carbocycles. The van der Waals surface area contributed by atoms with Crippen LogP contribution in [0.5, 0.6) is 5.75 Å². The van der Waals surface area contributed by atoms with Gasteiger partial charge < -0.3 is 4.74 Å². The fourth-order valence-electron chi connectivity index (χ4n) is 3.08. The SMILES string of the molecule is Cc1cc(C)cc(OCCCN2C(=O)C(=O)N(Cc3ccccc3)C2=O)c1. The van der Waals surface area contributed by atoms with Crippen LogP contribution in [0.2, 0.25) is 0 Å². The Morgan fingerprint density at radius 2 is 1.48 bits per heavy atom. The van der Waals surface area contributed by atoms with Gasteiger partial charge in [-0.3, -0.25) is 19.4 Å². The topological polar surface area (TPSA) is 66.9 Å². The monoisotopic (exact) mass is 366 g/mol. The van der Waals surface area contributed by atoms with Crippen molar-refractivity contribution < 1.29 is 19.1 Å². The third-order valence-electron chi connectivity index (χ3n) is 4.31. The van der Waals surface area contributed by atoms with Gasteiger partial charge >= 0.3 is 17.8 Å². The summed E-state index contributed by atoms with van der Waals surface area (Å²) in [5.41, 5.74) is 3.01. The van der Waals surface area contributed by atoms with Gasteiger partial charge in [-0.15, -0.1) is 0 Å². The van der Waals surface area contributed by atoms with E-state index in [1.165, 1.54) is 0 Å². The fourth-order valence-corrected chi connectivity index (χ4v) is 3.08. The fraction of sp³-hybridized carbons (Fsp3) is 0.286. The van der Waals surface area contributed by atoms with Crippen LogP contribution in [0.3, 0.4) is 0 Å². The maximum atomic E-state index is 12.5. The molecule has 6 heteroatoms. The zero-order valence-corrected chi connectivity index (χ0v) is 15.5. The molecule has 4 amide bonds. The van der Waals surface area contributed by atoms with Crippen molar-refractivity contribution in [3.8, 4) is 5.75 Å². The summed E-state index contributed by atoms with van der Waals surface area (Å²) >= 11 is 0. The average molecular weight is 366 g/mol. The summed E-state index contributed by atoms with van der Waals surface area (Å²) in [6.07, 6.45) is 0.455. The Hall–Kier alpha value is -3.15. The average Bonchev–Trinajstić information content (AvgIpc) is 2.83. The standard InChI is InChI=1S/C21H22N2O4/c1-15-11-16(2)13-18(12-15)27-10-6-9-22-19(24)20(25)23(21(22)26)14-17-7-4-3-5-8-17/h3-5,7-8,11-13H,6,9-10,14H2,1-2H3. The van der Waals surface area contributed by atoms with Gasteiger partial charge in [-0.05, 0) is 49.1 Å². The molecule has 3 rings (SSSR count). The van der Waals surface area contributed by atoms with Gasteiger partial charge in [0.1, 0.15) is 5.75 Å². The summed E-state index contributed by atoms with van der Waals surface area (Å²) in [4.78, 5) is 38.7. The number of hydrogen-bond donors (Lipinski definition) is 0. The molecule has 27 heavy (non-hydrogen) atoms. The normalized spacial score (nSPS) is 14.2. The van der Waals surface area contributed by atoms with Gasteiger partial charge in [0.05, 0.1) is 13.2 Å². The second-order valence-electron chi connectivity index (χ2n) is 6.64. The van der Waals surface area contributed by atoms with Gasteiger partial charge in [0.25, 0.3) is 0 Å². The molecule has 1 saturated heterocycles. The Balaban J connectivity index is 1.54. The van der Waals surface area contributed by atoms with E-state index in [-0.39, 0.29) is 13.1 Å². The maximum Gasteiger partial charge on any atom is 0.334 e. The lowest BCUT2D eigenvalue weighted by Gasteiger charge is -2.16. The minimum Gasteiger partial charge on any atom is -0.494 e. The number of aryl methyl sites for hydroxylation is 2. The molecule has 0 aromatic heterocycles. The number of amides is 4. The molecule has 140 valence electrons. The number of carbonyl (C=O) groups is 3. The molecule has 1 fully saturated rings. The number of imide groups is 2. The summed E-state index contributed by atoms with van der Waals surface area (Å²) in [6, 6.07) is 14.5. The lowest BCUT2D eigenvalue weighted by atomic mass is 10.1. The van der Waals surface area contributed by atoms with E-state index in [1.54, 1.807) is 0 Å². The number of nitrogens with zero attached hydrogens (tertiary/aromatic N) is 2. The number of carbonyl (C=O) groups excluding carboxylic acids is 3. The molecule has 0 radical (unpaired) electrons. The predicted molar refractivity (Wildman–Crippen MR) is 100 cm³/mol. The molecular weight excluding hydrogens is 344 g/mol. The summed E-state index contributed by atoms with van der Waals surface area (Å²) < 4.78 is 5.70. The van der Waals surface area contributed by atoms with E-state index in [2.05, 4.69) is 6.07 Å². The Kier molecular flexibility index (Phi) is 5.54. The van der Waals surface area contributed by atoms with Gasteiger partial charge in [-0.25, -0.2) is 4.79 Å². The van der Waals surface area contributed by atoms with E-state index >= 15 is 0 Å². The number of ether oxygens (including phenoxy) is 1. The van der Waals surface area contributed by atoms with Crippen molar-refractivity contribution in [2.75, 3.05) is 13.2 Å². The molecular formula is C21H22N2O4. The maximum absolute atomic E-state index is 12.5. The Morgan fingerprint density at radius 3 is 2.15 bits per heavy atom. The lowest BCUT2D eigenvalue weighted by Crippen LogP contribution is -2.34. The van der Waals surface area contributed by atoms with Crippen LogP contribution in [0.1, 0.15) is 23.1 Å². The molecule has 0 bridgehead atoms. The van der Waals surface area contributed by atoms with Crippen molar-refractivity contribution in [2.24, 2.45) is 0 Å². The van der Waals surface area contributed by atoms with Crippen LogP contribution in [0.4, 0.5) is 4.79 Å². The first-order chi connectivity index (χ1) is 13.0. The second kappa shape index (κ2) is 8.03. The van der Waals surface area contributed by atoms with Crippen LogP contribution in [-0.2, 0) is 16.1 Å². The van der Waals surface area contributed by atoms with E-state index in [0.717, 1.165) is 32.2 Å². The van der Waals surface area contributed by atoms with E-state index in [9.17, 15) is 14.4 Å². The first-order valence-electron chi connectivity index (χ1n) is 8.88.